The second kappa shape index (κ2) is 6.88. The number of fused-ring (bicyclic) bond motifs is 2. The molecule has 0 fully saturated rings. The normalized spacial score (nSPS) is 12.3. The Kier molecular flexibility index (Phi) is 4.49. The lowest BCUT2D eigenvalue weighted by Crippen LogP contribution is -2.37. The van der Waals surface area contributed by atoms with Gasteiger partial charge in [-0.3, -0.25) is 13.9 Å². The maximum absolute atomic E-state index is 12.6. The van der Waals surface area contributed by atoms with E-state index in [-0.39, 0.29) is 34.3 Å². The molecule has 0 spiro atoms. The van der Waals surface area contributed by atoms with Crippen LogP contribution in [-0.2, 0) is 20.6 Å². The summed E-state index contributed by atoms with van der Waals surface area (Å²) in [6, 6.07) is 9.34. The van der Waals surface area contributed by atoms with Gasteiger partial charge < -0.3 is 9.67 Å². The Hall–Kier alpha value is -3.42. The van der Waals surface area contributed by atoms with E-state index in [0.717, 1.165) is 9.27 Å². The number of hydrogen-bond acceptors (Lipinski definition) is 7. The van der Waals surface area contributed by atoms with Crippen LogP contribution in [0.2, 0.25) is 5.28 Å². The maximum Gasteiger partial charge on any atom is 0.332 e. The predicted molar refractivity (Wildman–Crippen MR) is 110 cm³/mol. The number of halogens is 1. The first-order valence-corrected chi connectivity index (χ1v) is 9.52. The molecule has 0 amide bonds. The highest BCUT2D eigenvalue weighted by atomic mass is 35.5. The highest BCUT2D eigenvalue weighted by molar-refractivity contribution is 7.19. The molecule has 1 aromatic carbocycles. The van der Waals surface area contributed by atoms with Crippen molar-refractivity contribution in [1.82, 2.24) is 23.7 Å². The summed E-state index contributed by atoms with van der Waals surface area (Å²) in [5.41, 5.74) is -0.319. The number of aliphatic hydroxyl groups is 1. The Morgan fingerprint density at radius 2 is 1.97 bits per heavy atom. The van der Waals surface area contributed by atoms with Gasteiger partial charge in [-0.1, -0.05) is 12.1 Å². The fraction of sp³-hybridized carbons (Fsp3) is 0.167. The van der Waals surface area contributed by atoms with E-state index < -0.39 is 11.2 Å². The number of imidazole rings is 1. The third-order valence-electron chi connectivity index (χ3n) is 4.52. The Morgan fingerprint density at radius 3 is 2.66 bits per heavy atom. The van der Waals surface area contributed by atoms with Crippen LogP contribution in [0, 0.1) is 11.3 Å². The van der Waals surface area contributed by atoms with Gasteiger partial charge in [0.2, 0.25) is 5.28 Å². The number of hydrogen-bond donors (Lipinski definition) is 1. The van der Waals surface area contributed by atoms with Crippen molar-refractivity contribution in [1.29, 1.82) is 5.26 Å². The van der Waals surface area contributed by atoms with Crippen LogP contribution in [0.3, 0.4) is 0 Å². The van der Waals surface area contributed by atoms with Crippen LogP contribution in [0.15, 0.2) is 39.6 Å². The van der Waals surface area contributed by atoms with Crippen molar-refractivity contribution in [3.63, 3.8) is 0 Å². The molecule has 0 unspecified atom stereocenters. The van der Waals surface area contributed by atoms with Gasteiger partial charge in [-0.15, -0.1) is 11.3 Å². The number of para-hydroxylation sites is 1. The predicted octanol–water partition coefficient (Wildman–Crippen LogP) is 2.19. The summed E-state index contributed by atoms with van der Waals surface area (Å²) in [6.07, 6.45) is 0. The zero-order valence-corrected chi connectivity index (χ0v) is 16.8. The van der Waals surface area contributed by atoms with Crippen molar-refractivity contribution in [2.45, 2.75) is 6.54 Å². The molecule has 29 heavy (non-hydrogen) atoms. The molecule has 0 radical (unpaired) electrons. The van der Waals surface area contributed by atoms with Crippen LogP contribution < -0.4 is 11.2 Å². The van der Waals surface area contributed by atoms with Crippen molar-refractivity contribution in [3.05, 3.63) is 61.2 Å². The zero-order chi connectivity index (χ0) is 20.9. The Bertz CT molecular complexity index is 1450. The molecule has 11 heteroatoms. The number of allylic oxidation sites excluding steroid dienone is 2. The van der Waals surface area contributed by atoms with Gasteiger partial charge in [0.1, 0.15) is 22.4 Å². The highest BCUT2D eigenvalue weighted by Crippen LogP contribution is 2.29. The number of aliphatic hydroxyl groups excluding tert-OH is 1. The third-order valence-corrected chi connectivity index (χ3v) is 5.86. The van der Waals surface area contributed by atoms with E-state index in [1.54, 1.807) is 0 Å². The van der Waals surface area contributed by atoms with Gasteiger partial charge in [0, 0.05) is 14.1 Å². The molecular formula is C18H13ClN6O3S. The Labute approximate surface area is 172 Å². The summed E-state index contributed by atoms with van der Waals surface area (Å²) in [5.74, 6) is -0.316. The minimum Gasteiger partial charge on any atom is -0.509 e. The van der Waals surface area contributed by atoms with Gasteiger partial charge in [-0.2, -0.15) is 10.2 Å². The fourth-order valence-electron chi connectivity index (χ4n) is 3.01. The molecule has 4 rings (SSSR count). The van der Waals surface area contributed by atoms with Gasteiger partial charge in [0.05, 0.1) is 16.8 Å². The summed E-state index contributed by atoms with van der Waals surface area (Å²) in [6.45, 7) is -0.276. The van der Waals surface area contributed by atoms with E-state index >= 15 is 0 Å². The van der Waals surface area contributed by atoms with Gasteiger partial charge in [0.15, 0.2) is 11.2 Å². The molecule has 0 saturated carbocycles. The number of nitrogens with zero attached hydrogens (tertiary/aromatic N) is 6. The average Bonchev–Trinajstić information content (AvgIpc) is 3.27. The van der Waals surface area contributed by atoms with E-state index in [9.17, 15) is 20.0 Å². The molecule has 0 saturated heterocycles. The van der Waals surface area contributed by atoms with E-state index in [1.165, 1.54) is 34.6 Å². The topological polar surface area (TPSA) is 119 Å². The zero-order valence-electron chi connectivity index (χ0n) is 15.2. The van der Waals surface area contributed by atoms with Gasteiger partial charge in [0.25, 0.3) is 5.56 Å². The maximum atomic E-state index is 12.6. The van der Waals surface area contributed by atoms with Crippen LogP contribution in [0.1, 0.15) is 5.01 Å². The molecule has 0 atom stereocenters. The Morgan fingerprint density at radius 1 is 1.24 bits per heavy atom. The molecule has 0 bridgehead atoms. The summed E-state index contributed by atoms with van der Waals surface area (Å²) in [4.78, 5) is 33.2. The van der Waals surface area contributed by atoms with Gasteiger partial charge in [-0.05, 0) is 23.7 Å². The molecule has 0 aliphatic heterocycles. The first kappa shape index (κ1) is 18.9. The van der Waals surface area contributed by atoms with E-state index in [2.05, 4.69) is 9.97 Å². The smallest absolute Gasteiger partial charge is 0.332 e. The average molecular weight is 429 g/mol. The lowest BCUT2D eigenvalue weighted by molar-refractivity contribution is 0.381. The van der Waals surface area contributed by atoms with E-state index in [1.807, 2.05) is 30.3 Å². The van der Waals surface area contributed by atoms with E-state index in [0.29, 0.717) is 10.5 Å². The molecule has 0 aliphatic carbocycles. The minimum absolute atomic E-state index is 0.0224. The number of rotatable bonds is 3. The number of aryl methyl sites for hydroxylation is 1. The highest BCUT2D eigenvalue weighted by Gasteiger charge is 2.21. The molecule has 3 aromatic heterocycles. The standard InChI is InChI=1S/C18H13ClN6O3S/c1-23-14-13(16(27)24(2)18(23)28)25(17(19)22-14)8-11(26)9(7-20)15-21-10-5-3-4-6-12(10)29-15/h3-6,26H,8H2,1-2H3/b11-9-. The monoisotopic (exact) mass is 428 g/mol. The van der Waals surface area contributed by atoms with Crippen molar-refractivity contribution in [3.8, 4) is 6.07 Å². The lowest BCUT2D eigenvalue weighted by Gasteiger charge is -2.08. The SMILES string of the molecule is Cn1c(=O)c2c(nc(Cl)n2C/C(O)=C(\C#N)c2nc3ccccc3s2)n(C)c1=O. The number of nitriles is 1. The van der Waals surface area contributed by atoms with Crippen LogP contribution in [-0.4, -0.2) is 28.8 Å². The van der Waals surface area contributed by atoms with Crippen LogP contribution in [0.4, 0.5) is 0 Å². The molecular weight excluding hydrogens is 416 g/mol. The van der Waals surface area contributed by atoms with Gasteiger partial charge >= 0.3 is 5.69 Å². The van der Waals surface area contributed by atoms with Crippen LogP contribution >= 0.6 is 22.9 Å². The van der Waals surface area contributed by atoms with Crippen molar-refractivity contribution < 1.29 is 5.11 Å². The summed E-state index contributed by atoms with van der Waals surface area (Å²) >= 11 is 7.45. The fourth-order valence-corrected chi connectivity index (χ4v) is 4.21. The first-order valence-electron chi connectivity index (χ1n) is 8.33. The largest absolute Gasteiger partial charge is 0.509 e. The van der Waals surface area contributed by atoms with Gasteiger partial charge in [-0.25, -0.2) is 9.78 Å². The minimum atomic E-state index is -0.603. The lowest BCUT2D eigenvalue weighted by atomic mass is 10.2. The number of thiazole rings is 1. The molecule has 0 aliphatic rings. The van der Waals surface area contributed by atoms with Crippen LogP contribution in [0.5, 0.6) is 0 Å². The second-order valence-electron chi connectivity index (χ2n) is 6.27. The quantitative estimate of drug-likeness (QED) is 0.303. The molecule has 1 N–H and O–H groups in total. The molecule has 4 aromatic rings. The number of benzene rings is 1. The molecule has 9 nitrogen and oxygen atoms in total. The first-order chi connectivity index (χ1) is 13.8. The second-order valence-corrected chi connectivity index (χ2v) is 7.63. The van der Waals surface area contributed by atoms with Crippen molar-refractivity contribution >= 4 is 49.9 Å². The van der Waals surface area contributed by atoms with Crippen molar-refractivity contribution in [2.24, 2.45) is 14.1 Å². The summed E-state index contributed by atoms with van der Waals surface area (Å²) in [5, 5.41) is 20.5. The summed E-state index contributed by atoms with van der Waals surface area (Å²) in [7, 11) is 2.81. The third kappa shape index (κ3) is 2.91. The Balaban J connectivity index is 1.89. The molecule has 146 valence electrons. The van der Waals surface area contributed by atoms with E-state index in [4.69, 9.17) is 11.6 Å². The molecule has 3 heterocycles. The summed E-state index contributed by atoms with van der Waals surface area (Å²) < 4.78 is 4.26. The number of aromatic nitrogens is 5. The van der Waals surface area contributed by atoms with Crippen LogP contribution in [0.25, 0.3) is 27.0 Å². The van der Waals surface area contributed by atoms with Crippen molar-refractivity contribution in [2.75, 3.05) is 0 Å².